The summed E-state index contributed by atoms with van der Waals surface area (Å²) in [7, 11) is 0. The van der Waals surface area contributed by atoms with Crippen molar-refractivity contribution in [2.24, 2.45) is 0 Å². The number of halogens is 2. The molecule has 0 spiro atoms. The van der Waals surface area contributed by atoms with Crippen molar-refractivity contribution in [2.45, 2.75) is 6.54 Å². The number of carbonyl (C=O) groups is 1. The van der Waals surface area contributed by atoms with Crippen LogP contribution in [0.2, 0.25) is 10.0 Å². The summed E-state index contributed by atoms with van der Waals surface area (Å²) >= 11 is 13.7. The maximum atomic E-state index is 12.2. The molecule has 0 saturated carbocycles. The van der Waals surface area contributed by atoms with E-state index in [0.717, 1.165) is 24.6 Å². The van der Waals surface area contributed by atoms with Crippen molar-refractivity contribution < 1.29 is 13.9 Å². The van der Waals surface area contributed by atoms with Crippen LogP contribution in [0.5, 0.6) is 5.75 Å². The van der Waals surface area contributed by atoms with Crippen LogP contribution < -0.4 is 15.5 Å². The van der Waals surface area contributed by atoms with Crippen molar-refractivity contribution in [1.82, 2.24) is 4.90 Å². The van der Waals surface area contributed by atoms with Gasteiger partial charge < -0.3 is 14.5 Å². The van der Waals surface area contributed by atoms with E-state index in [4.69, 9.17) is 32.4 Å². The fourth-order valence-corrected chi connectivity index (χ4v) is 3.96. The lowest BCUT2D eigenvalue weighted by Crippen LogP contribution is -2.32. The fourth-order valence-electron chi connectivity index (χ4n) is 2.53. The van der Waals surface area contributed by atoms with Crippen LogP contribution in [-0.2, 0) is 11.3 Å². The monoisotopic (exact) mass is 428 g/mol. The molecule has 1 amide bonds. The smallest absolute Gasteiger partial charge is 0.262 e. The van der Waals surface area contributed by atoms with Crippen LogP contribution in [0.25, 0.3) is 0 Å². The number of nitrogens with one attached hydrogen (secondary N) is 1. The van der Waals surface area contributed by atoms with Crippen LogP contribution in [0.3, 0.4) is 0 Å². The molecule has 0 unspecified atom stereocenters. The quantitative estimate of drug-likeness (QED) is 0.758. The van der Waals surface area contributed by atoms with E-state index < -0.39 is 5.91 Å². The van der Waals surface area contributed by atoms with Gasteiger partial charge in [0.2, 0.25) is 11.2 Å². The number of ether oxygens (including phenoxy) is 1. The van der Waals surface area contributed by atoms with Crippen molar-refractivity contribution in [2.75, 3.05) is 36.5 Å². The number of hydrogen-bond acceptors (Lipinski definition) is 6. The zero-order valence-corrected chi connectivity index (χ0v) is 16.7. The third kappa shape index (κ3) is 5.90. The summed E-state index contributed by atoms with van der Waals surface area (Å²) in [6, 6.07) is 6.13. The lowest BCUT2D eigenvalue weighted by molar-refractivity contribution is -0.118. The third-order valence-corrected chi connectivity index (χ3v) is 5.39. The second-order valence-corrected chi connectivity index (χ2v) is 7.99. The van der Waals surface area contributed by atoms with Crippen molar-refractivity contribution in [3.63, 3.8) is 0 Å². The molecule has 2 heterocycles. The number of carbonyl (C=O) groups excluding carboxylic acids is 1. The highest BCUT2D eigenvalue weighted by atomic mass is 35.5. The number of rotatable bonds is 6. The van der Waals surface area contributed by atoms with Gasteiger partial charge in [0.25, 0.3) is 5.91 Å². The largest absolute Gasteiger partial charge is 0.477 e. The van der Waals surface area contributed by atoms with Gasteiger partial charge >= 0.3 is 0 Å². The van der Waals surface area contributed by atoms with Gasteiger partial charge in [0, 0.05) is 35.7 Å². The van der Waals surface area contributed by atoms with Crippen LogP contribution >= 0.6 is 35.0 Å². The van der Waals surface area contributed by atoms with Crippen LogP contribution in [0.15, 0.2) is 39.7 Å². The third-order valence-electron chi connectivity index (χ3n) is 3.90. The number of hydrogen-bond donors (Lipinski definition) is 1. The SMILES string of the molecule is O=C(COc1coc(CN2CCSCC2)cc1=O)Nc1ccc(Cl)cc1Cl. The first kappa shape index (κ1) is 20.1. The maximum Gasteiger partial charge on any atom is 0.262 e. The molecule has 27 heavy (non-hydrogen) atoms. The molecule has 9 heteroatoms. The Morgan fingerprint density at radius 3 is 2.74 bits per heavy atom. The zero-order chi connectivity index (χ0) is 19.2. The van der Waals surface area contributed by atoms with E-state index in [1.165, 1.54) is 18.4 Å². The molecule has 0 aliphatic carbocycles. The molecular formula is C18H18Cl2N2O4S. The Bertz CT molecular complexity index is 869. The van der Waals surface area contributed by atoms with E-state index in [1.807, 2.05) is 11.8 Å². The predicted molar refractivity (Wildman–Crippen MR) is 108 cm³/mol. The van der Waals surface area contributed by atoms with Gasteiger partial charge in [0.1, 0.15) is 12.0 Å². The Balaban J connectivity index is 1.54. The van der Waals surface area contributed by atoms with Crippen molar-refractivity contribution >= 4 is 46.6 Å². The first-order valence-electron chi connectivity index (χ1n) is 8.31. The standard InChI is InChI=1S/C18H18Cl2N2O4S/c19-12-1-2-15(14(20)7-12)21-18(24)11-26-17-10-25-13(8-16(17)23)9-22-3-5-27-6-4-22/h1-2,7-8,10H,3-6,9,11H2,(H,21,24). The van der Waals surface area contributed by atoms with E-state index in [9.17, 15) is 9.59 Å². The minimum atomic E-state index is -0.450. The molecule has 3 rings (SSSR count). The molecule has 0 bridgehead atoms. The minimum Gasteiger partial charge on any atom is -0.477 e. The number of anilines is 1. The molecule has 144 valence electrons. The van der Waals surface area contributed by atoms with Gasteiger partial charge in [-0.15, -0.1) is 0 Å². The Kier molecular flexibility index (Phi) is 7.07. The molecule has 0 radical (unpaired) electrons. The molecule has 1 aromatic heterocycles. The van der Waals surface area contributed by atoms with E-state index in [1.54, 1.807) is 12.1 Å². The second kappa shape index (κ2) is 9.50. The Morgan fingerprint density at radius 2 is 2.04 bits per heavy atom. The topological polar surface area (TPSA) is 71.8 Å². The average molecular weight is 429 g/mol. The molecule has 6 nitrogen and oxygen atoms in total. The van der Waals surface area contributed by atoms with Gasteiger partial charge in [-0.1, -0.05) is 23.2 Å². The fraction of sp³-hybridized carbons (Fsp3) is 0.333. The molecule has 0 atom stereocenters. The highest BCUT2D eigenvalue weighted by molar-refractivity contribution is 7.99. The van der Waals surface area contributed by atoms with Crippen LogP contribution in [-0.4, -0.2) is 42.0 Å². The second-order valence-electron chi connectivity index (χ2n) is 5.92. The molecule has 1 aliphatic rings. The molecule has 1 N–H and O–H groups in total. The van der Waals surface area contributed by atoms with E-state index in [2.05, 4.69) is 10.2 Å². The summed E-state index contributed by atoms with van der Waals surface area (Å²) in [5.74, 6) is 2.28. The molecule has 1 aromatic carbocycles. The Labute approximate surface area is 170 Å². The van der Waals surface area contributed by atoms with E-state index in [-0.39, 0.29) is 17.8 Å². The minimum absolute atomic E-state index is 0.00898. The van der Waals surface area contributed by atoms with Crippen molar-refractivity contribution in [3.05, 3.63) is 56.6 Å². The average Bonchev–Trinajstić information content (AvgIpc) is 2.64. The van der Waals surface area contributed by atoms with Gasteiger partial charge in [0.05, 0.1) is 17.3 Å². The van der Waals surface area contributed by atoms with Crippen LogP contribution in [0.1, 0.15) is 5.76 Å². The maximum absolute atomic E-state index is 12.2. The zero-order valence-electron chi connectivity index (χ0n) is 14.4. The Hall–Kier alpha value is -1.67. The van der Waals surface area contributed by atoms with Crippen molar-refractivity contribution in [1.29, 1.82) is 0 Å². The molecule has 1 fully saturated rings. The van der Waals surface area contributed by atoms with Gasteiger partial charge in [-0.3, -0.25) is 14.5 Å². The van der Waals surface area contributed by atoms with Gasteiger partial charge in [-0.05, 0) is 18.2 Å². The van der Waals surface area contributed by atoms with Crippen LogP contribution in [0, 0.1) is 0 Å². The number of thioether (sulfide) groups is 1. The highest BCUT2D eigenvalue weighted by Gasteiger charge is 2.14. The number of amides is 1. The predicted octanol–water partition coefficient (Wildman–Crippen LogP) is 3.51. The lowest BCUT2D eigenvalue weighted by atomic mass is 10.3. The van der Waals surface area contributed by atoms with Crippen LogP contribution in [0.4, 0.5) is 5.69 Å². The summed E-state index contributed by atoms with van der Waals surface area (Å²) in [6.07, 6.45) is 1.25. The first-order chi connectivity index (χ1) is 13.0. The molecule has 1 saturated heterocycles. The highest BCUT2D eigenvalue weighted by Crippen LogP contribution is 2.25. The van der Waals surface area contributed by atoms with E-state index >= 15 is 0 Å². The van der Waals surface area contributed by atoms with Gasteiger partial charge in [-0.25, -0.2) is 0 Å². The van der Waals surface area contributed by atoms with Gasteiger partial charge in [0.15, 0.2) is 6.61 Å². The molecule has 1 aliphatic heterocycles. The summed E-state index contributed by atoms with van der Waals surface area (Å²) in [5.41, 5.74) is 0.0942. The molecule has 2 aromatic rings. The number of benzene rings is 1. The first-order valence-corrected chi connectivity index (χ1v) is 10.2. The summed E-state index contributed by atoms with van der Waals surface area (Å²) in [4.78, 5) is 26.4. The Morgan fingerprint density at radius 1 is 1.26 bits per heavy atom. The molecular weight excluding hydrogens is 411 g/mol. The summed E-state index contributed by atoms with van der Waals surface area (Å²) < 4.78 is 10.8. The number of nitrogens with zero attached hydrogens (tertiary/aromatic N) is 1. The summed E-state index contributed by atoms with van der Waals surface area (Å²) in [5, 5.41) is 3.38. The van der Waals surface area contributed by atoms with Gasteiger partial charge in [-0.2, -0.15) is 11.8 Å². The lowest BCUT2D eigenvalue weighted by Gasteiger charge is -2.25. The summed E-state index contributed by atoms with van der Waals surface area (Å²) in [6.45, 7) is 2.19. The van der Waals surface area contributed by atoms with E-state index in [0.29, 0.717) is 28.0 Å². The van der Waals surface area contributed by atoms with Crippen molar-refractivity contribution in [3.8, 4) is 5.75 Å². The normalized spacial score (nSPS) is 14.7.